The SMILES string of the molecule is CCN(CC)CCNC(=O)Nc1ccc(C(C)O)cc1. The van der Waals surface area contributed by atoms with Crippen LogP contribution in [0.15, 0.2) is 24.3 Å². The third-order valence-corrected chi connectivity index (χ3v) is 3.26. The van der Waals surface area contributed by atoms with E-state index >= 15 is 0 Å². The Kier molecular flexibility index (Phi) is 7.04. The van der Waals surface area contributed by atoms with Gasteiger partial charge < -0.3 is 20.6 Å². The van der Waals surface area contributed by atoms with Crippen LogP contribution in [-0.2, 0) is 0 Å². The average molecular weight is 279 g/mol. The number of nitrogens with zero attached hydrogens (tertiary/aromatic N) is 1. The van der Waals surface area contributed by atoms with Crippen molar-refractivity contribution in [1.82, 2.24) is 10.2 Å². The normalized spacial score (nSPS) is 12.2. The number of nitrogens with one attached hydrogen (secondary N) is 2. The Labute approximate surface area is 121 Å². The molecular weight excluding hydrogens is 254 g/mol. The minimum absolute atomic E-state index is 0.207. The second-order valence-corrected chi connectivity index (χ2v) is 4.71. The van der Waals surface area contributed by atoms with E-state index in [-0.39, 0.29) is 6.03 Å². The van der Waals surface area contributed by atoms with E-state index in [0.29, 0.717) is 6.54 Å². The highest BCUT2D eigenvalue weighted by Crippen LogP contribution is 2.15. The summed E-state index contributed by atoms with van der Waals surface area (Å²) in [6.45, 7) is 9.37. The summed E-state index contributed by atoms with van der Waals surface area (Å²) in [7, 11) is 0. The highest BCUT2D eigenvalue weighted by atomic mass is 16.3. The van der Waals surface area contributed by atoms with Crippen molar-refractivity contribution in [3.63, 3.8) is 0 Å². The van der Waals surface area contributed by atoms with Gasteiger partial charge in [-0.05, 0) is 37.7 Å². The number of benzene rings is 1. The van der Waals surface area contributed by atoms with Crippen LogP contribution in [-0.4, -0.2) is 42.2 Å². The molecule has 0 aliphatic rings. The van der Waals surface area contributed by atoms with Crippen molar-refractivity contribution in [2.24, 2.45) is 0 Å². The summed E-state index contributed by atoms with van der Waals surface area (Å²) in [4.78, 5) is 13.9. The minimum Gasteiger partial charge on any atom is -0.389 e. The summed E-state index contributed by atoms with van der Waals surface area (Å²) in [6, 6.07) is 6.96. The van der Waals surface area contributed by atoms with Crippen LogP contribution >= 0.6 is 0 Å². The number of aliphatic hydroxyl groups is 1. The molecule has 0 aliphatic carbocycles. The molecule has 0 heterocycles. The van der Waals surface area contributed by atoms with Gasteiger partial charge in [-0.2, -0.15) is 0 Å². The molecule has 1 atom stereocenters. The quantitative estimate of drug-likeness (QED) is 0.717. The Morgan fingerprint density at radius 3 is 2.35 bits per heavy atom. The van der Waals surface area contributed by atoms with Gasteiger partial charge in [-0.1, -0.05) is 26.0 Å². The van der Waals surface area contributed by atoms with Crippen molar-refractivity contribution >= 4 is 11.7 Å². The number of amides is 2. The van der Waals surface area contributed by atoms with Gasteiger partial charge in [-0.15, -0.1) is 0 Å². The van der Waals surface area contributed by atoms with Gasteiger partial charge >= 0.3 is 6.03 Å². The van der Waals surface area contributed by atoms with Crippen molar-refractivity contribution in [3.8, 4) is 0 Å². The number of hydrogen-bond acceptors (Lipinski definition) is 3. The topological polar surface area (TPSA) is 64.6 Å². The van der Waals surface area contributed by atoms with Crippen LogP contribution in [0.3, 0.4) is 0 Å². The number of carbonyl (C=O) groups is 1. The van der Waals surface area contributed by atoms with Crippen LogP contribution in [0.4, 0.5) is 10.5 Å². The zero-order valence-corrected chi connectivity index (χ0v) is 12.5. The molecule has 0 spiro atoms. The summed E-state index contributed by atoms with van der Waals surface area (Å²) in [5.41, 5.74) is 1.55. The number of aliphatic hydroxyl groups excluding tert-OH is 1. The van der Waals surface area contributed by atoms with Crippen molar-refractivity contribution in [1.29, 1.82) is 0 Å². The molecule has 3 N–H and O–H groups in total. The number of carbonyl (C=O) groups excluding carboxylic acids is 1. The Morgan fingerprint density at radius 2 is 1.85 bits per heavy atom. The van der Waals surface area contributed by atoms with Crippen LogP contribution in [0.5, 0.6) is 0 Å². The molecule has 5 nitrogen and oxygen atoms in total. The zero-order chi connectivity index (χ0) is 15.0. The Hall–Kier alpha value is -1.59. The van der Waals surface area contributed by atoms with E-state index < -0.39 is 6.10 Å². The van der Waals surface area contributed by atoms with Gasteiger partial charge in [0.2, 0.25) is 0 Å². The molecule has 2 amide bonds. The molecule has 112 valence electrons. The van der Waals surface area contributed by atoms with Gasteiger partial charge in [0.25, 0.3) is 0 Å². The summed E-state index contributed by atoms with van der Waals surface area (Å²) in [5.74, 6) is 0. The lowest BCUT2D eigenvalue weighted by atomic mass is 10.1. The standard InChI is InChI=1S/C15H25N3O2/c1-4-18(5-2)11-10-16-15(20)17-14-8-6-13(7-9-14)12(3)19/h6-9,12,19H,4-5,10-11H2,1-3H3,(H2,16,17,20). The summed E-state index contributed by atoms with van der Waals surface area (Å²) in [6.07, 6.45) is -0.494. The van der Waals surface area contributed by atoms with Crippen LogP contribution in [0.1, 0.15) is 32.4 Å². The number of anilines is 1. The monoisotopic (exact) mass is 279 g/mol. The van der Waals surface area contributed by atoms with Gasteiger partial charge in [0, 0.05) is 18.8 Å². The predicted octanol–water partition coefficient (Wildman–Crippen LogP) is 2.20. The smallest absolute Gasteiger partial charge is 0.319 e. The third kappa shape index (κ3) is 5.59. The second kappa shape index (κ2) is 8.55. The first-order valence-corrected chi connectivity index (χ1v) is 7.12. The largest absolute Gasteiger partial charge is 0.389 e. The lowest BCUT2D eigenvalue weighted by Gasteiger charge is -2.18. The number of urea groups is 1. The first-order valence-electron chi connectivity index (χ1n) is 7.12. The van der Waals surface area contributed by atoms with Crippen molar-refractivity contribution in [3.05, 3.63) is 29.8 Å². The van der Waals surface area contributed by atoms with E-state index in [2.05, 4.69) is 29.4 Å². The summed E-state index contributed by atoms with van der Waals surface area (Å²) < 4.78 is 0. The third-order valence-electron chi connectivity index (χ3n) is 3.26. The minimum atomic E-state index is -0.494. The lowest BCUT2D eigenvalue weighted by Crippen LogP contribution is -2.36. The maximum absolute atomic E-state index is 11.7. The lowest BCUT2D eigenvalue weighted by molar-refractivity contribution is 0.199. The highest BCUT2D eigenvalue weighted by molar-refractivity contribution is 5.89. The second-order valence-electron chi connectivity index (χ2n) is 4.71. The maximum Gasteiger partial charge on any atom is 0.319 e. The van der Waals surface area contributed by atoms with E-state index in [9.17, 15) is 9.90 Å². The molecule has 5 heteroatoms. The molecule has 1 rings (SSSR count). The maximum atomic E-state index is 11.7. The molecule has 0 radical (unpaired) electrons. The highest BCUT2D eigenvalue weighted by Gasteiger charge is 2.04. The van der Waals surface area contributed by atoms with Crippen LogP contribution < -0.4 is 10.6 Å². The molecule has 0 fully saturated rings. The van der Waals surface area contributed by atoms with E-state index in [4.69, 9.17) is 0 Å². The summed E-state index contributed by atoms with van der Waals surface area (Å²) in [5, 5.41) is 15.0. The molecule has 0 aromatic heterocycles. The van der Waals surface area contributed by atoms with Gasteiger partial charge in [0.05, 0.1) is 6.10 Å². The average Bonchev–Trinajstić information content (AvgIpc) is 2.44. The molecular formula is C15H25N3O2. The molecule has 1 aromatic carbocycles. The first kappa shape index (κ1) is 16.5. The fourth-order valence-corrected chi connectivity index (χ4v) is 1.89. The molecule has 0 saturated carbocycles. The first-order chi connectivity index (χ1) is 9.56. The van der Waals surface area contributed by atoms with Crippen molar-refractivity contribution in [2.45, 2.75) is 26.9 Å². The van der Waals surface area contributed by atoms with Crippen molar-refractivity contribution < 1.29 is 9.90 Å². The van der Waals surface area contributed by atoms with E-state index in [1.54, 1.807) is 31.2 Å². The molecule has 0 saturated heterocycles. The van der Waals surface area contributed by atoms with E-state index in [1.165, 1.54) is 0 Å². The van der Waals surface area contributed by atoms with Gasteiger partial charge in [0.1, 0.15) is 0 Å². The van der Waals surface area contributed by atoms with Gasteiger partial charge in [-0.25, -0.2) is 4.79 Å². The fourth-order valence-electron chi connectivity index (χ4n) is 1.89. The van der Waals surface area contributed by atoms with E-state index in [1.807, 2.05) is 0 Å². The molecule has 20 heavy (non-hydrogen) atoms. The van der Waals surface area contributed by atoms with Crippen LogP contribution in [0.2, 0.25) is 0 Å². The zero-order valence-electron chi connectivity index (χ0n) is 12.5. The molecule has 0 aliphatic heterocycles. The van der Waals surface area contributed by atoms with Crippen LogP contribution in [0.25, 0.3) is 0 Å². The van der Waals surface area contributed by atoms with Crippen LogP contribution in [0, 0.1) is 0 Å². The molecule has 0 bridgehead atoms. The van der Waals surface area contributed by atoms with Crippen molar-refractivity contribution in [2.75, 3.05) is 31.5 Å². The Balaban J connectivity index is 2.35. The number of likely N-dealkylation sites (N-methyl/N-ethyl adjacent to an activating group) is 1. The van der Waals surface area contributed by atoms with E-state index in [0.717, 1.165) is 30.9 Å². The summed E-state index contributed by atoms with van der Waals surface area (Å²) >= 11 is 0. The molecule has 1 unspecified atom stereocenters. The Morgan fingerprint density at radius 1 is 1.25 bits per heavy atom. The number of rotatable bonds is 7. The molecule has 1 aromatic rings. The van der Waals surface area contributed by atoms with Gasteiger partial charge in [-0.3, -0.25) is 0 Å². The fraction of sp³-hybridized carbons (Fsp3) is 0.533. The predicted molar refractivity (Wildman–Crippen MR) is 81.9 cm³/mol. The van der Waals surface area contributed by atoms with Gasteiger partial charge in [0.15, 0.2) is 0 Å². The Bertz CT molecular complexity index is 400. The number of hydrogen-bond donors (Lipinski definition) is 3.